The molecule has 7 atom stereocenters. The van der Waals surface area contributed by atoms with Gasteiger partial charge in [0.2, 0.25) is 0 Å². The summed E-state index contributed by atoms with van der Waals surface area (Å²) < 4.78 is 1.80. The van der Waals surface area contributed by atoms with Gasteiger partial charge < -0.3 is 24.8 Å². The van der Waals surface area contributed by atoms with Gasteiger partial charge in [0.25, 0.3) is 0 Å². The third-order valence-corrected chi connectivity index (χ3v) is 13.8. The molecular formula is C40H52Cl2Zr-2. The fraction of sp³-hybridized carbons (Fsp3) is 0.525. The van der Waals surface area contributed by atoms with Crippen LogP contribution < -0.4 is 24.8 Å². The van der Waals surface area contributed by atoms with Gasteiger partial charge >= 0.3 is 59.5 Å². The molecule has 0 N–H and O–H groups in total. The van der Waals surface area contributed by atoms with Crippen LogP contribution in [0.15, 0.2) is 83.5 Å². The molecule has 2 fully saturated rings. The zero-order valence-electron chi connectivity index (χ0n) is 27.7. The van der Waals surface area contributed by atoms with Crippen molar-refractivity contribution in [3.05, 3.63) is 101 Å². The van der Waals surface area contributed by atoms with Gasteiger partial charge in [-0.3, -0.25) is 0 Å². The van der Waals surface area contributed by atoms with Gasteiger partial charge in [0, 0.05) is 5.41 Å². The van der Waals surface area contributed by atoms with Crippen LogP contribution in [0.1, 0.15) is 98.6 Å². The van der Waals surface area contributed by atoms with Gasteiger partial charge in [-0.2, -0.15) is 29.3 Å². The first-order chi connectivity index (χ1) is 19.5. The number of rotatable bonds is 0. The molecule has 3 heteroatoms. The van der Waals surface area contributed by atoms with E-state index in [-0.39, 0.29) is 35.6 Å². The Labute approximate surface area is 290 Å². The van der Waals surface area contributed by atoms with Crippen molar-refractivity contribution in [1.82, 2.24) is 0 Å². The molecule has 0 saturated heterocycles. The fourth-order valence-electron chi connectivity index (χ4n) is 9.14. The third-order valence-electron chi connectivity index (χ3n) is 12.5. The summed E-state index contributed by atoms with van der Waals surface area (Å²) in [5.41, 5.74) is 9.93. The van der Waals surface area contributed by atoms with E-state index in [2.05, 4.69) is 91.8 Å². The van der Waals surface area contributed by atoms with Crippen LogP contribution in [0.25, 0.3) is 5.57 Å². The molecule has 0 amide bonds. The van der Waals surface area contributed by atoms with Gasteiger partial charge in [0.1, 0.15) is 0 Å². The molecule has 43 heavy (non-hydrogen) atoms. The topological polar surface area (TPSA) is 0 Å². The second-order valence-electron chi connectivity index (χ2n) is 14.1. The summed E-state index contributed by atoms with van der Waals surface area (Å²) in [6, 6.07) is 19.2. The predicted octanol–water partition coefficient (Wildman–Crippen LogP) is 4.76. The third kappa shape index (κ3) is 6.11. The Morgan fingerprint density at radius 1 is 0.837 bits per heavy atom. The number of hydrogen-bond donors (Lipinski definition) is 0. The standard InChI is InChI=1S/C29H37.C6H10.C5H5.2ClH.Zr/c1-16-13-14-25-26-23-12-10-9-11-22(23)15-24(26)27-19(4)17(2)18(3)21(6)29(27,8)28(25,7)20(16)5;1-2-4-6-5-3-1;1-2-4-5-3-1;;;/h9-14,16-18,20-21H,15H2,1-8H3;1-5H2;1-5H;2*1H;/q-1;;-1;;;+2/p-2. The predicted molar refractivity (Wildman–Crippen MR) is 174 cm³/mol. The summed E-state index contributed by atoms with van der Waals surface area (Å²) in [4.78, 5) is 0. The summed E-state index contributed by atoms with van der Waals surface area (Å²) >= 11 is 1.69. The maximum atomic E-state index is 2.63. The van der Waals surface area contributed by atoms with Crippen molar-refractivity contribution in [3.63, 3.8) is 0 Å². The van der Waals surface area contributed by atoms with Crippen molar-refractivity contribution in [2.45, 2.75) is 93.9 Å². The fourth-order valence-corrected chi connectivity index (χ4v) is 10.0. The summed E-state index contributed by atoms with van der Waals surface area (Å²) in [5.74, 6) is 4.93. The van der Waals surface area contributed by atoms with Crippen molar-refractivity contribution in [1.29, 1.82) is 0 Å². The van der Waals surface area contributed by atoms with E-state index in [0.717, 1.165) is 6.42 Å². The van der Waals surface area contributed by atoms with Gasteiger partial charge in [-0.1, -0.05) is 114 Å². The number of hydrogen-bond acceptors (Lipinski definition) is 0. The molecule has 5 aliphatic carbocycles. The smallest absolute Gasteiger partial charge is 0.172 e. The molecule has 7 rings (SSSR count). The summed E-state index contributed by atoms with van der Waals surface area (Å²) in [6.07, 6.45) is 13.4. The number of halogens is 2. The molecule has 0 nitrogen and oxygen atoms in total. The van der Waals surface area contributed by atoms with Crippen LogP contribution in [0.3, 0.4) is 0 Å². The van der Waals surface area contributed by atoms with E-state index >= 15 is 0 Å². The Morgan fingerprint density at radius 3 is 2.02 bits per heavy atom. The van der Waals surface area contributed by atoms with Crippen molar-refractivity contribution in [3.8, 4) is 0 Å². The van der Waals surface area contributed by atoms with E-state index in [1.807, 2.05) is 30.3 Å². The zero-order valence-corrected chi connectivity index (χ0v) is 31.7. The summed E-state index contributed by atoms with van der Waals surface area (Å²) in [7, 11) is 0. The van der Waals surface area contributed by atoms with E-state index in [4.69, 9.17) is 0 Å². The van der Waals surface area contributed by atoms with Gasteiger partial charge in [-0.15, -0.1) is 6.92 Å². The first kappa shape index (κ1) is 36.5. The Morgan fingerprint density at radius 2 is 1.47 bits per heavy atom. The SMILES string of the molecule is C[C-]1C2=C3Cc4ccccc4C3=C3C=CC(C)C(C)C3(C)C2(C)C(C)C(C)C1C.[Cl-].[Cl-].[Zr+2]=[C]1CCCCC1.c1cc[cH-]c1. The Kier molecular flexibility index (Phi) is 12.4. The van der Waals surface area contributed by atoms with Crippen LogP contribution in [0.2, 0.25) is 0 Å². The van der Waals surface area contributed by atoms with E-state index in [9.17, 15) is 0 Å². The van der Waals surface area contributed by atoms with Crippen LogP contribution in [0, 0.1) is 46.3 Å². The van der Waals surface area contributed by atoms with Crippen LogP contribution in [-0.4, -0.2) is 3.21 Å². The maximum Gasteiger partial charge on any atom is -0.172 e. The molecule has 0 spiro atoms. The molecule has 7 unspecified atom stereocenters. The van der Waals surface area contributed by atoms with Crippen molar-refractivity contribution in [2.24, 2.45) is 40.4 Å². The van der Waals surface area contributed by atoms with Crippen molar-refractivity contribution >= 4 is 8.78 Å². The minimum absolute atomic E-state index is 0. The van der Waals surface area contributed by atoms with Crippen LogP contribution >= 0.6 is 0 Å². The van der Waals surface area contributed by atoms with E-state index < -0.39 is 0 Å². The number of benzene rings is 1. The zero-order chi connectivity index (χ0) is 29.5. The number of fused-ring (bicyclic) bond motifs is 6. The largest absolute Gasteiger partial charge is 0.214 e. The quantitative estimate of drug-likeness (QED) is 0.350. The Hall–Kier alpha value is -1.01. The molecule has 232 valence electrons. The summed E-state index contributed by atoms with van der Waals surface area (Å²) in [6.45, 7) is 20.2. The van der Waals surface area contributed by atoms with Crippen LogP contribution in [0.4, 0.5) is 0 Å². The van der Waals surface area contributed by atoms with Crippen molar-refractivity contribution < 1.29 is 49.0 Å². The first-order valence-electron chi connectivity index (χ1n) is 16.4. The molecule has 2 aromatic carbocycles. The summed E-state index contributed by atoms with van der Waals surface area (Å²) in [5, 5.41) is 0. The molecule has 5 aliphatic rings. The molecule has 0 aliphatic heterocycles. The minimum atomic E-state index is 0. The van der Waals surface area contributed by atoms with Gasteiger partial charge in [0.05, 0.1) is 0 Å². The maximum absolute atomic E-state index is 2.63. The number of allylic oxidation sites excluding steroid dienone is 6. The average molecular weight is 695 g/mol. The average Bonchev–Trinajstić information content (AvgIpc) is 3.67. The molecular weight excluding hydrogens is 643 g/mol. The normalized spacial score (nSPS) is 33.8. The first-order valence-corrected chi connectivity index (χ1v) is 17.6. The molecule has 0 aromatic heterocycles. The van der Waals surface area contributed by atoms with Crippen LogP contribution in [0.5, 0.6) is 0 Å². The minimum Gasteiger partial charge on any atom is -0.214 e. The van der Waals surface area contributed by atoms with Gasteiger partial charge in [0.15, 0.2) is 0 Å². The molecule has 2 aromatic rings. The van der Waals surface area contributed by atoms with Gasteiger partial charge in [-0.25, -0.2) is 18.1 Å². The second-order valence-corrected chi connectivity index (χ2v) is 15.9. The molecule has 0 bridgehead atoms. The van der Waals surface area contributed by atoms with Crippen molar-refractivity contribution in [2.75, 3.05) is 0 Å². The van der Waals surface area contributed by atoms with Crippen LogP contribution in [-0.2, 0) is 30.7 Å². The Bertz CT molecular complexity index is 1320. The van der Waals surface area contributed by atoms with E-state index in [0.29, 0.717) is 29.6 Å². The Balaban J connectivity index is 0.000000302. The van der Waals surface area contributed by atoms with Gasteiger partial charge in [-0.05, 0) is 34.7 Å². The molecule has 0 heterocycles. The molecule has 2 saturated carbocycles. The van der Waals surface area contributed by atoms with E-state index in [1.54, 1.807) is 55.7 Å². The monoisotopic (exact) mass is 692 g/mol. The second kappa shape index (κ2) is 14.6. The van der Waals surface area contributed by atoms with E-state index in [1.165, 1.54) is 43.2 Å². The molecule has 0 radical (unpaired) electrons.